The van der Waals surface area contributed by atoms with Crippen molar-refractivity contribution >= 4 is 33.2 Å². The second-order valence-electron chi connectivity index (χ2n) is 4.46. The molecule has 0 spiro atoms. The molecule has 7 heteroatoms. The number of para-hydroxylation sites is 1. The summed E-state index contributed by atoms with van der Waals surface area (Å²) < 4.78 is 30.9. The summed E-state index contributed by atoms with van der Waals surface area (Å²) in [6.45, 7) is 0. The summed E-state index contributed by atoms with van der Waals surface area (Å²) in [5, 5.41) is 0. The molecule has 1 heterocycles. The Labute approximate surface area is 120 Å². The molecule has 0 unspecified atom stereocenters. The molecule has 0 aliphatic carbocycles. The number of ketones is 1. The first-order valence-corrected chi connectivity index (χ1v) is 7.39. The number of hydrogen-bond acceptors (Lipinski definition) is 4. The van der Waals surface area contributed by atoms with Gasteiger partial charge in [0.1, 0.15) is 0 Å². The van der Waals surface area contributed by atoms with Crippen LogP contribution in [-0.2, 0) is 14.9 Å². The number of amides is 1. The number of carbonyl (C=O) groups excluding carboxylic acids is 2. The van der Waals surface area contributed by atoms with Gasteiger partial charge < -0.3 is 0 Å². The molecule has 0 radical (unpaired) electrons. The van der Waals surface area contributed by atoms with Crippen molar-refractivity contribution in [1.82, 2.24) is 0 Å². The molecule has 6 nitrogen and oxygen atoms in total. The fraction of sp³-hybridized carbons (Fsp3) is 0. The highest BCUT2D eigenvalue weighted by Gasteiger charge is 2.36. The van der Waals surface area contributed by atoms with E-state index in [1.165, 1.54) is 29.2 Å². The summed E-state index contributed by atoms with van der Waals surface area (Å²) in [6.07, 6.45) is 0. The SMILES string of the molecule is O=C1C(=O)N(c2ccc(S(=O)(=O)O)cc2)c2ccccc21. The smallest absolute Gasteiger partial charge is 0.283 e. The summed E-state index contributed by atoms with van der Waals surface area (Å²) >= 11 is 0. The summed E-state index contributed by atoms with van der Waals surface area (Å²) in [5.74, 6) is -1.31. The number of hydrogen-bond donors (Lipinski definition) is 1. The Bertz CT molecular complexity index is 855. The van der Waals surface area contributed by atoms with Gasteiger partial charge >= 0.3 is 5.91 Å². The predicted molar refractivity (Wildman–Crippen MR) is 74.2 cm³/mol. The highest BCUT2D eigenvalue weighted by Crippen LogP contribution is 2.35. The van der Waals surface area contributed by atoms with Gasteiger partial charge in [0.25, 0.3) is 15.9 Å². The maximum absolute atomic E-state index is 12.1. The summed E-state index contributed by atoms with van der Waals surface area (Å²) in [4.78, 5) is 24.9. The molecule has 3 rings (SSSR count). The van der Waals surface area contributed by atoms with Crippen molar-refractivity contribution in [3.63, 3.8) is 0 Å². The van der Waals surface area contributed by atoms with E-state index in [9.17, 15) is 18.0 Å². The van der Waals surface area contributed by atoms with Crippen LogP contribution in [0.4, 0.5) is 11.4 Å². The molecule has 1 N–H and O–H groups in total. The first kappa shape index (κ1) is 13.5. The monoisotopic (exact) mass is 303 g/mol. The van der Waals surface area contributed by atoms with Gasteiger partial charge in [0.2, 0.25) is 0 Å². The minimum Gasteiger partial charge on any atom is -0.283 e. The zero-order valence-corrected chi connectivity index (χ0v) is 11.4. The van der Waals surface area contributed by atoms with Crippen LogP contribution in [0.2, 0.25) is 0 Å². The van der Waals surface area contributed by atoms with Gasteiger partial charge in [-0.3, -0.25) is 19.0 Å². The van der Waals surface area contributed by atoms with Crippen molar-refractivity contribution in [3.8, 4) is 0 Å². The Morgan fingerprint density at radius 3 is 2.14 bits per heavy atom. The van der Waals surface area contributed by atoms with Crippen LogP contribution in [0.25, 0.3) is 0 Å². The number of Topliss-reactive ketones (excluding diaryl/α,β-unsaturated/α-hetero) is 1. The lowest BCUT2D eigenvalue weighted by Gasteiger charge is -2.16. The lowest BCUT2D eigenvalue weighted by atomic mass is 10.1. The Hall–Kier alpha value is -2.51. The second kappa shape index (κ2) is 4.51. The van der Waals surface area contributed by atoms with Crippen LogP contribution in [0.15, 0.2) is 53.4 Å². The Morgan fingerprint density at radius 2 is 1.52 bits per heavy atom. The van der Waals surface area contributed by atoms with E-state index in [2.05, 4.69) is 0 Å². The molecule has 0 fully saturated rings. The maximum atomic E-state index is 12.1. The molecule has 106 valence electrons. The van der Waals surface area contributed by atoms with Crippen LogP contribution in [0.5, 0.6) is 0 Å². The highest BCUT2D eigenvalue weighted by molar-refractivity contribution is 7.85. The molecule has 1 aliphatic rings. The van der Waals surface area contributed by atoms with Crippen LogP contribution in [0.1, 0.15) is 10.4 Å². The fourth-order valence-electron chi connectivity index (χ4n) is 2.21. The van der Waals surface area contributed by atoms with Crippen LogP contribution < -0.4 is 4.90 Å². The van der Waals surface area contributed by atoms with E-state index in [0.29, 0.717) is 16.9 Å². The molecule has 21 heavy (non-hydrogen) atoms. The van der Waals surface area contributed by atoms with Crippen LogP contribution in [0.3, 0.4) is 0 Å². The van der Waals surface area contributed by atoms with Crippen molar-refractivity contribution in [3.05, 3.63) is 54.1 Å². The van der Waals surface area contributed by atoms with E-state index >= 15 is 0 Å². The van der Waals surface area contributed by atoms with E-state index in [1.807, 2.05) is 0 Å². The molecule has 0 aromatic heterocycles. The van der Waals surface area contributed by atoms with E-state index < -0.39 is 21.8 Å². The van der Waals surface area contributed by atoms with Gasteiger partial charge in [-0.1, -0.05) is 12.1 Å². The minimum absolute atomic E-state index is 0.280. The second-order valence-corrected chi connectivity index (χ2v) is 5.88. The summed E-state index contributed by atoms with van der Waals surface area (Å²) in [6, 6.07) is 11.6. The van der Waals surface area contributed by atoms with Crippen LogP contribution in [-0.4, -0.2) is 24.7 Å². The van der Waals surface area contributed by atoms with Crippen molar-refractivity contribution in [1.29, 1.82) is 0 Å². The van der Waals surface area contributed by atoms with E-state index in [-0.39, 0.29) is 4.90 Å². The fourth-order valence-corrected chi connectivity index (χ4v) is 2.69. The molecule has 1 aliphatic heterocycles. The lowest BCUT2D eigenvalue weighted by Crippen LogP contribution is -2.24. The molecule has 2 aromatic rings. The Kier molecular flexibility index (Phi) is 2.89. The highest BCUT2D eigenvalue weighted by atomic mass is 32.2. The zero-order chi connectivity index (χ0) is 15.2. The average molecular weight is 303 g/mol. The summed E-state index contributed by atoms with van der Waals surface area (Å²) in [5.41, 5.74) is 1.11. The minimum atomic E-state index is -4.30. The molecule has 0 bridgehead atoms. The van der Waals surface area contributed by atoms with Gasteiger partial charge in [-0.25, -0.2) is 0 Å². The standard InChI is InChI=1S/C14H9NO5S/c16-13-11-3-1-2-4-12(11)15(14(13)17)9-5-7-10(8-6-9)21(18,19)20/h1-8H,(H,18,19,20). The van der Waals surface area contributed by atoms with Crippen LogP contribution in [0, 0.1) is 0 Å². The van der Waals surface area contributed by atoms with Crippen molar-refractivity contribution < 1.29 is 22.6 Å². The molecular weight excluding hydrogens is 294 g/mol. The van der Waals surface area contributed by atoms with Gasteiger partial charge in [0.05, 0.1) is 16.1 Å². The number of fused-ring (bicyclic) bond motifs is 1. The lowest BCUT2D eigenvalue weighted by molar-refractivity contribution is -0.113. The van der Waals surface area contributed by atoms with Gasteiger partial charge in [-0.15, -0.1) is 0 Å². The first-order chi connectivity index (χ1) is 9.89. The van der Waals surface area contributed by atoms with Gasteiger partial charge in [-0.05, 0) is 36.4 Å². The Morgan fingerprint density at radius 1 is 0.905 bits per heavy atom. The molecule has 0 saturated carbocycles. The van der Waals surface area contributed by atoms with Crippen LogP contribution >= 0.6 is 0 Å². The topological polar surface area (TPSA) is 91.8 Å². The molecule has 0 saturated heterocycles. The third-order valence-electron chi connectivity index (χ3n) is 3.18. The molecule has 1 amide bonds. The van der Waals surface area contributed by atoms with Crippen molar-refractivity contribution in [2.24, 2.45) is 0 Å². The van der Waals surface area contributed by atoms with E-state index in [0.717, 1.165) is 0 Å². The van der Waals surface area contributed by atoms with Gasteiger partial charge in [0, 0.05) is 5.69 Å². The quantitative estimate of drug-likeness (QED) is 0.674. The number of anilines is 2. The third-order valence-corrected chi connectivity index (χ3v) is 4.05. The molecule has 2 aromatic carbocycles. The molecule has 0 atom stereocenters. The number of nitrogens with zero attached hydrogens (tertiary/aromatic N) is 1. The number of benzene rings is 2. The van der Waals surface area contributed by atoms with Gasteiger partial charge in [0.15, 0.2) is 0 Å². The average Bonchev–Trinajstić information content (AvgIpc) is 2.71. The predicted octanol–water partition coefficient (Wildman–Crippen LogP) is 1.79. The normalized spacial score (nSPS) is 14.4. The van der Waals surface area contributed by atoms with E-state index in [1.54, 1.807) is 24.3 Å². The van der Waals surface area contributed by atoms with Crippen molar-refractivity contribution in [2.45, 2.75) is 4.90 Å². The molecular formula is C14H9NO5S. The number of rotatable bonds is 2. The first-order valence-electron chi connectivity index (χ1n) is 5.95. The van der Waals surface area contributed by atoms with Gasteiger partial charge in [-0.2, -0.15) is 8.42 Å². The summed E-state index contributed by atoms with van der Waals surface area (Å²) in [7, 11) is -4.30. The maximum Gasteiger partial charge on any atom is 0.304 e. The Balaban J connectivity index is 2.09. The van der Waals surface area contributed by atoms with E-state index in [4.69, 9.17) is 4.55 Å². The zero-order valence-electron chi connectivity index (χ0n) is 10.6. The largest absolute Gasteiger partial charge is 0.304 e. The van der Waals surface area contributed by atoms with Crippen molar-refractivity contribution in [2.75, 3.05) is 4.90 Å². The number of carbonyl (C=O) groups is 2. The third kappa shape index (κ3) is 2.12.